The Morgan fingerprint density at radius 3 is 2.76 bits per heavy atom. The Morgan fingerprint density at radius 1 is 1.33 bits per heavy atom. The highest BCUT2D eigenvalue weighted by molar-refractivity contribution is 5.90. The molecule has 0 saturated heterocycles. The molecule has 1 aromatic heterocycles. The lowest BCUT2D eigenvalue weighted by molar-refractivity contribution is 0.0922. The number of hydrogen-bond acceptors (Lipinski definition) is 4. The number of carbonyl (C=O) groups is 1. The maximum absolute atomic E-state index is 11.3. The Labute approximate surface area is 124 Å². The van der Waals surface area contributed by atoms with E-state index in [2.05, 4.69) is 26.0 Å². The van der Waals surface area contributed by atoms with Gasteiger partial charge >= 0.3 is 5.91 Å². The van der Waals surface area contributed by atoms with Gasteiger partial charge in [-0.25, -0.2) is 5.84 Å². The summed E-state index contributed by atoms with van der Waals surface area (Å²) in [6, 6.07) is 9.42. The minimum atomic E-state index is -0.459. The third kappa shape index (κ3) is 3.64. The number of hydrazine groups is 1. The molecule has 0 aliphatic carbocycles. The molecule has 0 bridgehead atoms. The molecule has 1 heterocycles. The molecule has 0 atom stereocenters. The number of ether oxygens (including phenoxy) is 1. The normalized spacial score (nSPS) is 10.7. The number of amides is 1. The molecule has 5 nitrogen and oxygen atoms in total. The van der Waals surface area contributed by atoms with E-state index >= 15 is 0 Å². The Bertz CT molecular complexity index is 632. The fourth-order valence-electron chi connectivity index (χ4n) is 2.04. The van der Waals surface area contributed by atoms with Crippen LogP contribution >= 0.6 is 0 Å². The molecule has 0 aliphatic heterocycles. The molecule has 21 heavy (non-hydrogen) atoms. The number of benzene rings is 1. The Hall–Kier alpha value is -2.27. The molecule has 2 rings (SSSR count). The molecule has 0 radical (unpaired) electrons. The van der Waals surface area contributed by atoms with E-state index in [0.717, 1.165) is 16.9 Å². The highest BCUT2D eigenvalue weighted by Gasteiger charge is 2.12. The average molecular weight is 288 g/mol. The van der Waals surface area contributed by atoms with Crippen molar-refractivity contribution >= 4 is 5.91 Å². The first kappa shape index (κ1) is 15.1. The molecule has 1 aromatic carbocycles. The van der Waals surface area contributed by atoms with Crippen LogP contribution in [0.25, 0.3) is 0 Å². The number of aryl methyl sites for hydroxylation is 1. The Morgan fingerprint density at radius 2 is 2.10 bits per heavy atom. The SMILES string of the molecule is Cc1ccc(C(C)C)c(OCc2ccc(C(=O)NN)o2)c1. The lowest BCUT2D eigenvalue weighted by atomic mass is 10.0. The van der Waals surface area contributed by atoms with Gasteiger partial charge in [-0.15, -0.1) is 0 Å². The molecule has 112 valence electrons. The molecule has 1 amide bonds. The number of nitrogens with two attached hydrogens (primary N) is 1. The van der Waals surface area contributed by atoms with Crippen molar-refractivity contribution in [3.05, 3.63) is 53.0 Å². The van der Waals surface area contributed by atoms with Crippen LogP contribution in [0.5, 0.6) is 5.75 Å². The predicted octanol–water partition coefficient (Wildman–Crippen LogP) is 2.89. The minimum absolute atomic E-state index is 0.171. The molecule has 0 unspecified atom stereocenters. The number of furan rings is 1. The second-order valence-corrected chi connectivity index (χ2v) is 5.22. The topological polar surface area (TPSA) is 77.5 Å². The zero-order valence-corrected chi connectivity index (χ0v) is 12.5. The summed E-state index contributed by atoms with van der Waals surface area (Å²) in [7, 11) is 0. The summed E-state index contributed by atoms with van der Waals surface area (Å²) in [6.45, 7) is 6.52. The largest absolute Gasteiger partial charge is 0.485 e. The van der Waals surface area contributed by atoms with Crippen molar-refractivity contribution in [1.29, 1.82) is 0 Å². The van der Waals surface area contributed by atoms with Gasteiger partial charge in [0.15, 0.2) is 5.76 Å². The smallest absolute Gasteiger partial charge is 0.300 e. The Kier molecular flexibility index (Phi) is 4.65. The van der Waals surface area contributed by atoms with Crippen molar-refractivity contribution < 1.29 is 13.9 Å². The van der Waals surface area contributed by atoms with E-state index in [1.54, 1.807) is 12.1 Å². The van der Waals surface area contributed by atoms with E-state index in [9.17, 15) is 4.79 Å². The fraction of sp³-hybridized carbons (Fsp3) is 0.312. The maximum Gasteiger partial charge on any atom is 0.300 e. The zero-order valence-electron chi connectivity index (χ0n) is 12.5. The number of rotatable bonds is 5. The Balaban J connectivity index is 2.11. The van der Waals surface area contributed by atoms with Crippen molar-refractivity contribution in [1.82, 2.24) is 5.43 Å². The summed E-state index contributed by atoms with van der Waals surface area (Å²) in [5, 5.41) is 0. The van der Waals surface area contributed by atoms with Crippen LogP contribution in [0, 0.1) is 6.92 Å². The molecule has 0 aliphatic rings. The van der Waals surface area contributed by atoms with Crippen molar-refractivity contribution in [2.75, 3.05) is 0 Å². The predicted molar refractivity (Wildman–Crippen MR) is 80.0 cm³/mol. The molecule has 2 aromatic rings. The van der Waals surface area contributed by atoms with Crippen LogP contribution in [0.2, 0.25) is 0 Å². The first-order valence-electron chi connectivity index (χ1n) is 6.84. The van der Waals surface area contributed by atoms with Crippen molar-refractivity contribution in [3.63, 3.8) is 0 Å². The van der Waals surface area contributed by atoms with Crippen molar-refractivity contribution in [2.45, 2.75) is 33.3 Å². The van der Waals surface area contributed by atoms with Crippen LogP contribution in [-0.4, -0.2) is 5.91 Å². The second-order valence-electron chi connectivity index (χ2n) is 5.22. The quantitative estimate of drug-likeness (QED) is 0.504. The van der Waals surface area contributed by atoms with Crippen LogP contribution in [-0.2, 0) is 6.61 Å². The van der Waals surface area contributed by atoms with Crippen LogP contribution in [0.1, 0.15) is 47.2 Å². The summed E-state index contributed by atoms with van der Waals surface area (Å²) in [4.78, 5) is 11.3. The number of carbonyl (C=O) groups excluding carboxylic acids is 1. The summed E-state index contributed by atoms with van der Waals surface area (Å²) in [5.41, 5.74) is 4.31. The lowest BCUT2D eigenvalue weighted by Crippen LogP contribution is -2.29. The lowest BCUT2D eigenvalue weighted by Gasteiger charge is -2.14. The summed E-state index contributed by atoms with van der Waals surface area (Å²) in [5.74, 6) is 6.55. The number of nitrogen functional groups attached to an aromatic ring is 1. The van der Waals surface area contributed by atoms with Gasteiger partial charge in [0.2, 0.25) is 0 Å². The average Bonchev–Trinajstić information content (AvgIpc) is 2.93. The van der Waals surface area contributed by atoms with Gasteiger partial charge in [0.25, 0.3) is 0 Å². The van der Waals surface area contributed by atoms with Gasteiger partial charge in [0, 0.05) is 0 Å². The summed E-state index contributed by atoms with van der Waals surface area (Å²) in [6.07, 6.45) is 0. The van der Waals surface area contributed by atoms with Crippen molar-refractivity contribution in [2.24, 2.45) is 5.84 Å². The minimum Gasteiger partial charge on any atom is -0.485 e. The first-order chi connectivity index (χ1) is 10.0. The van der Waals surface area contributed by atoms with Gasteiger partial charge in [0.05, 0.1) is 0 Å². The van der Waals surface area contributed by atoms with E-state index in [0.29, 0.717) is 11.7 Å². The number of hydrogen-bond donors (Lipinski definition) is 2. The number of nitrogens with one attached hydrogen (secondary N) is 1. The highest BCUT2D eigenvalue weighted by atomic mass is 16.5. The second kappa shape index (κ2) is 6.45. The van der Waals surface area contributed by atoms with Crippen LogP contribution in [0.3, 0.4) is 0 Å². The highest BCUT2D eigenvalue weighted by Crippen LogP contribution is 2.28. The first-order valence-corrected chi connectivity index (χ1v) is 6.84. The molecular formula is C16H20N2O3. The molecular weight excluding hydrogens is 268 g/mol. The fourth-order valence-corrected chi connectivity index (χ4v) is 2.04. The third-order valence-electron chi connectivity index (χ3n) is 3.18. The van der Waals surface area contributed by atoms with Gasteiger partial charge in [0.1, 0.15) is 18.1 Å². The molecule has 0 saturated carbocycles. The summed E-state index contributed by atoms with van der Waals surface area (Å²) < 4.78 is 11.2. The van der Waals surface area contributed by atoms with E-state index < -0.39 is 5.91 Å². The van der Waals surface area contributed by atoms with Crippen LogP contribution < -0.4 is 16.0 Å². The van der Waals surface area contributed by atoms with Crippen LogP contribution in [0.4, 0.5) is 0 Å². The van der Waals surface area contributed by atoms with Crippen molar-refractivity contribution in [3.8, 4) is 5.75 Å². The zero-order chi connectivity index (χ0) is 15.4. The molecule has 0 spiro atoms. The maximum atomic E-state index is 11.3. The molecule has 5 heteroatoms. The van der Waals surface area contributed by atoms with Crippen LogP contribution in [0.15, 0.2) is 34.7 Å². The third-order valence-corrected chi connectivity index (χ3v) is 3.18. The van der Waals surface area contributed by atoms with Gasteiger partial charge in [-0.3, -0.25) is 10.2 Å². The van der Waals surface area contributed by atoms with E-state index in [-0.39, 0.29) is 12.4 Å². The van der Waals surface area contributed by atoms with Gasteiger partial charge in [-0.05, 0) is 42.2 Å². The van der Waals surface area contributed by atoms with E-state index in [4.69, 9.17) is 15.0 Å². The molecule has 3 N–H and O–H groups in total. The van der Waals surface area contributed by atoms with Gasteiger partial charge in [-0.2, -0.15) is 0 Å². The van der Waals surface area contributed by atoms with E-state index in [1.165, 1.54) is 0 Å². The van der Waals surface area contributed by atoms with E-state index in [1.807, 2.05) is 18.4 Å². The summed E-state index contributed by atoms with van der Waals surface area (Å²) >= 11 is 0. The monoisotopic (exact) mass is 288 g/mol. The standard InChI is InChI=1S/C16H20N2O3/c1-10(2)13-6-4-11(3)8-15(13)20-9-12-5-7-14(21-12)16(19)18-17/h4-8,10H,9,17H2,1-3H3,(H,18,19). The van der Waals surface area contributed by atoms with Gasteiger partial charge < -0.3 is 9.15 Å². The van der Waals surface area contributed by atoms with Gasteiger partial charge in [-0.1, -0.05) is 26.0 Å². The molecule has 0 fully saturated rings.